The average molecular weight is 487 g/mol. The molecule has 1 atom stereocenters. The molecule has 1 saturated carbocycles. The van der Waals surface area contributed by atoms with Crippen LogP contribution in [0.5, 0.6) is 17.2 Å². The highest BCUT2D eigenvalue weighted by Crippen LogP contribution is 2.36. The maximum absolute atomic E-state index is 13.5. The lowest BCUT2D eigenvalue weighted by Gasteiger charge is -2.43. The number of ether oxygens (including phenoxy) is 2. The smallest absolute Gasteiger partial charge is 0.254 e. The third kappa shape index (κ3) is 5.43. The van der Waals surface area contributed by atoms with Gasteiger partial charge in [-0.05, 0) is 74.1 Å². The van der Waals surface area contributed by atoms with Gasteiger partial charge in [-0.1, -0.05) is 30.3 Å². The normalized spacial score (nSPS) is 18.3. The topological polar surface area (TPSA) is 62.2 Å². The summed E-state index contributed by atoms with van der Waals surface area (Å²) in [4.78, 5) is 17.8. The number of phenols is 1. The molecule has 3 aromatic rings. The molecule has 36 heavy (non-hydrogen) atoms. The first-order valence-electron chi connectivity index (χ1n) is 12.8. The van der Waals surface area contributed by atoms with Crippen LogP contribution in [0.25, 0.3) is 0 Å². The summed E-state index contributed by atoms with van der Waals surface area (Å²) in [6.07, 6.45) is 5.62. The minimum Gasteiger partial charge on any atom is -0.508 e. The van der Waals surface area contributed by atoms with Crippen LogP contribution in [0.15, 0.2) is 72.8 Å². The quantitative estimate of drug-likeness (QED) is 0.491. The molecule has 0 spiro atoms. The molecule has 3 aromatic carbocycles. The van der Waals surface area contributed by atoms with Crippen molar-refractivity contribution in [3.05, 3.63) is 83.9 Å². The van der Waals surface area contributed by atoms with Gasteiger partial charge in [0, 0.05) is 37.0 Å². The lowest BCUT2D eigenvalue weighted by molar-refractivity contribution is 0.0656. The first-order valence-corrected chi connectivity index (χ1v) is 12.8. The number of carbonyl (C=O) groups excluding carboxylic acids is 1. The molecule has 1 heterocycles. The Balaban J connectivity index is 1.39. The molecule has 0 aromatic heterocycles. The largest absolute Gasteiger partial charge is 0.508 e. The Morgan fingerprint density at radius 2 is 1.69 bits per heavy atom. The summed E-state index contributed by atoms with van der Waals surface area (Å²) in [6, 6.07) is 23.0. The molecule has 6 nitrogen and oxygen atoms in total. The monoisotopic (exact) mass is 486 g/mol. The SMILES string of the molecule is COc1ccc(N2CCN(C(=O)c3ccc(O)cc3)[C@@H](Cc3ccccc3)C2)cc1OC1CCCC1. The highest BCUT2D eigenvalue weighted by atomic mass is 16.5. The van der Waals surface area contributed by atoms with E-state index in [1.807, 2.05) is 29.2 Å². The van der Waals surface area contributed by atoms with E-state index in [1.165, 1.54) is 18.4 Å². The van der Waals surface area contributed by atoms with Crippen LogP contribution >= 0.6 is 0 Å². The van der Waals surface area contributed by atoms with Gasteiger partial charge in [-0.3, -0.25) is 4.79 Å². The molecule has 0 unspecified atom stereocenters. The Bertz CT molecular complexity index is 1160. The maximum Gasteiger partial charge on any atom is 0.254 e. The Morgan fingerprint density at radius 1 is 0.944 bits per heavy atom. The van der Waals surface area contributed by atoms with E-state index in [4.69, 9.17) is 9.47 Å². The van der Waals surface area contributed by atoms with Crippen molar-refractivity contribution in [3.63, 3.8) is 0 Å². The second-order valence-electron chi connectivity index (χ2n) is 9.69. The van der Waals surface area contributed by atoms with E-state index in [0.29, 0.717) is 18.7 Å². The fourth-order valence-corrected chi connectivity index (χ4v) is 5.33. The zero-order valence-corrected chi connectivity index (χ0v) is 20.8. The van der Waals surface area contributed by atoms with Gasteiger partial charge in [0.25, 0.3) is 5.91 Å². The van der Waals surface area contributed by atoms with Crippen LogP contribution in [0, 0.1) is 0 Å². The Morgan fingerprint density at radius 3 is 2.42 bits per heavy atom. The number of methoxy groups -OCH3 is 1. The first kappa shape index (κ1) is 24.0. The van der Waals surface area contributed by atoms with Crippen LogP contribution < -0.4 is 14.4 Å². The van der Waals surface area contributed by atoms with Gasteiger partial charge >= 0.3 is 0 Å². The molecule has 1 aliphatic heterocycles. The summed E-state index contributed by atoms with van der Waals surface area (Å²) in [5.41, 5.74) is 2.88. The Kier molecular flexibility index (Phi) is 7.31. The molecule has 6 heteroatoms. The van der Waals surface area contributed by atoms with E-state index >= 15 is 0 Å². The maximum atomic E-state index is 13.5. The van der Waals surface area contributed by atoms with Gasteiger partial charge in [-0.2, -0.15) is 0 Å². The zero-order chi connectivity index (χ0) is 24.9. The molecule has 1 aliphatic carbocycles. The van der Waals surface area contributed by atoms with Gasteiger partial charge in [-0.25, -0.2) is 0 Å². The number of piperazine rings is 1. The average Bonchev–Trinajstić information content (AvgIpc) is 3.42. The predicted octanol–water partition coefficient (Wildman–Crippen LogP) is 5.30. The molecule has 2 aliphatic rings. The third-order valence-electron chi connectivity index (χ3n) is 7.28. The number of nitrogens with zero attached hydrogens (tertiary/aromatic N) is 2. The van der Waals surface area contributed by atoms with E-state index < -0.39 is 0 Å². The van der Waals surface area contributed by atoms with Crippen LogP contribution in [0.2, 0.25) is 0 Å². The van der Waals surface area contributed by atoms with Crippen molar-refractivity contribution in [1.29, 1.82) is 0 Å². The molecule has 1 N–H and O–H groups in total. The number of aromatic hydroxyl groups is 1. The third-order valence-corrected chi connectivity index (χ3v) is 7.28. The van der Waals surface area contributed by atoms with Crippen LogP contribution in [0.4, 0.5) is 5.69 Å². The highest BCUT2D eigenvalue weighted by Gasteiger charge is 2.32. The molecule has 1 saturated heterocycles. The van der Waals surface area contributed by atoms with E-state index in [9.17, 15) is 9.90 Å². The number of benzene rings is 3. The summed E-state index contributed by atoms with van der Waals surface area (Å²) in [5, 5.41) is 9.66. The summed E-state index contributed by atoms with van der Waals surface area (Å²) >= 11 is 0. The second-order valence-corrected chi connectivity index (χ2v) is 9.69. The van der Waals surface area contributed by atoms with Gasteiger partial charge in [0.1, 0.15) is 5.75 Å². The van der Waals surface area contributed by atoms with E-state index in [1.54, 1.807) is 31.4 Å². The van der Waals surface area contributed by atoms with Crippen molar-refractivity contribution in [1.82, 2.24) is 4.90 Å². The number of rotatable bonds is 7. The molecule has 1 amide bonds. The molecule has 188 valence electrons. The van der Waals surface area contributed by atoms with Crippen LogP contribution in [0.1, 0.15) is 41.6 Å². The van der Waals surface area contributed by atoms with Gasteiger partial charge in [0.05, 0.1) is 19.3 Å². The van der Waals surface area contributed by atoms with Crippen molar-refractivity contribution in [2.75, 3.05) is 31.6 Å². The number of amides is 1. The summed E-state index contributed by atoms with van der Waals surface area (Å²) in [7, 11) is 1.68. The molecule has 0 bridgehead atoms. The second kappa shape index (κ2) is 10.9. The van der Waals surface area contributed by atoms with E-state index in [0.717, 1.165) is 43.0 Å². The predicted molar refractivity (Wildman–Crippen MR) is 141 cm³/mol. The van der Waals surface area contributed by atoms with Gasteiger partial charge in [-0.15, -0.1) is 0 Å². The molecular formula is C30H34N2O4. The van der Waals surface area contributed by atoms with Gasteiger partial charge < -0.3 is 24.4 Å². The number of phenolic OH excluding ortho intramolecular Hbond substituents is 1. The zero-order valence-electron chi connectivity index (χ0n) is 20.8. The Hall–Kier alpha value is -3.67. The lowest BCUT2D eigenvalue weighted by Crippen LogP contribution is -2.56. The molecule has 5 rings (SSSR count). The van der Waals surface area contributed by atoms with Crippen molar-refractivity contribution in [2.45, 2.75) is 44.2 Å². The first-order chi connectivity index (χ1) is 17.6. The van der Waals surface area contributed by atoms with Crippen LogP contribution in [0.3, 0.4) is 0 Å². The molecule has 0 radical (unpaired) electrons. The van der Waals surface area contributed by atoms with E-state index in [-0.39, 0.29) is 23.8 Å². The van der Waals surface area contributed by atoms with Crippen molar-refractivity contribution >= 4 is 11.6 Å². The minimum absolute atomic E-state index is 0.00348. The van der Waals surface area contributed by atoms with Gasteiger partial charge in [0.15, 0.2) is 11.5 Å². The van der Waals surface area contributed by atoms with Crippen molar-refractivity contribution in [3.8, 4) is 17.2 Å². The fraction of sp³-hybridized carbons (Fsp3) is 0.367. The van der Waals surface area contributed by atoms with Gasteiger partial charge in [0.2, 0.25) is 0 Å². The number of hydrogen-bond donors (Lipinski definition) is 1. The fourth-order valence-electron chi connectivity index (χ4n) is 5.33. The van der Waals surface area contributed by atoms with Crippen LogP contribution in [-0.4, -0.2) is 54.8 Å². The minimum atomic E-state index is -0.00410. The number of hydrogen-bond acceptors (Lipinski definition) is 5. The molecular weight excluding hydrogens is 452 g/mol. The van der Waals surface area contributed by atoms with Crippen molar-refractivity contribution in [2.24, 2.45) is 0 Å². The van der Waals surface area contributed by atoms with Crippen molar-refractivity contribution < 1.29 is 19.4 Å². The summed E-state index contributed by atoms with van der Waals surface area (Å²) < 4.78 is 11.9. The number of anilines is 1. The summed E-state index contributed by atoms with van der Waals surface area (Å²) in [6.45, 7) is 2.06. The molecule has 2 fully saturated rings. The summed E-state index contributed by atoms with van der Waals surface area (Å²) in [5.74, 6) is 1.71. The Labute approximate surface area is 213 Å². The van der Waals surface area contributed by atoms with E-state index in [2.05, 4.69) is 29.2 Å². The standard InChI is InChI=1S/C30H34N2O4/c1-35-28-16-13-24(20-29(28)36-27-9-5-6-10-27)31-17-18-32(30(34)23-11-14-26(33)15-12-23)25(21-31)19-22-7-3-2-4-8-22/h2-4,7-8,11-16,20,25,27,33H,5-6,9-10,17-19,21H2,1H3/t25-/m0/s1. The lowest BCUT2D eigenvalue weighted by atomic mass is 10.00. The van der Waals surface area contributed by atoms with Crippen LogP contribution in [-0.2, 0) is 6.42 Å². The number of carbonyl (C=O) groups is 1. The highest BCUT2D eigenvalue weighted by molar-refractivity contribution is 5.94.